The Morgan fingerprint density at radius 3 is 2.53 bits per heavy atom. The molecule has 1 heterocycles. The Morgan fingerprint density at radius 2 is 2.00 bits per heavy atom. The van der Waals surface area contributed by atoms with Gasteiger partial charge in [-0.1, -0.05) is 19.2 Å². The second-order valence-electron chi connectivity index (χ2n) is 3.58. The number of rotatable bonds is 4. The van der Waals surface area contributed by atoms with Crippen molar-refractivity contribution in [2.24, 2.45) is 5.92 Å². The second kappa shape index (κ2) is 6.19. The Labute approximate surface area is 90.9 Å². The molecular formula is C12H18N2O. The monoisotopic (exact) mass is 206 g/mol. The molecule has 0 atom stereocenters. The Morgan fingerprint density at radius 1 is 1.33 bits per heavy atom. The van der Waals surface area contributed by atoms with Crippen molar-refractivity contribution in [2.75, 3.05) is 13.1 Å². The van der Waals surface area contributed by atoms with E-state index >= 15 is 0 Å². The molecule has 0 aromatic heterocycles. The third kappa shape index (κ3) is 3.72. The van der Waals surface area contributed by atoms with Crippen molar-refractivity contribution in [2.45, 2.75) is 12.8 Å². The highest BCUT2D eigenvalue weighted by Crippen LogP contribution is 2.12. The molecule has 0 radical (unpaired) electrons. The van der Waals surface area contributed by atoms with Gasteiger partial charge in [-0.3, -0.25) is 4.79 Å². The van der Waals surface area contributed by atoms with Crippen LogP contribution >= 0.6 is 0 Å². The highest BCUT2D eigenvalue weighted by atomic mass is 16.1. The maximum absolute atomic E-state index is 11.8. The molecular weight excluding hydrogens is 188 g/mol. The summed E-state index contributed by atoms with van der Waals surface area (Å²) in [6, 6.07) is 0. The van der Waals surface area contributed by atoms with E-state index in [1.54, 1.807) is 18.2 Å². The Kier molecular flexibility index (Phi) is 4.84. The largest absolute Gasteiger partial charge is 0.326 e. The quantitative estimate of drug-likeness (QED) is 0.682. The van der Waals surface area contributed by atoms with E-state index in [1.807, 2.05) is 0 Å². The van der Waals surface area contributed by atoms with Crippen molar-refractivity contribution in [3.8, 4) is 0 Å². The van der Waals surface area contributed by atoms with Crippen LogP contribution in [0.4, 0.5) is 0 Å². The molecule has 15 heavy (non-hydrogen) atoms. The van der Waals surface area contributed by atoms with E-state index in [0.29, 0.717) is 5.70 Å². The molecule has 3 heteroatoms. The molecule has 1 saturated heterocycles. The van der Waals surface area contributed by atoms with Gasteiger partial charge in [0.2, 0.25) is 5.91 Å². The van der Waals surface area contributed by atoms with Crippen LogP contribution in [-0.4, -0.2) is 19.0 Å². The molecule has 1 aliphatic rings. The first-order valence-electron chi connectivity index (χ1n) is 5.24. The van der Waals surface area contributed by atoms with Gasteiger partial charge in [-0.2, -0.15) is 0 Å². The summed E-state index contributed by atoms with van der Waals surface area (Å²) >= 11 is 0. The fourth-order valence-corrected chi connectivity index (χ4v) is 1.62. The predicted octanol–water partition coefficient (Wildman–Crippen LogP) is 1.36. The van der Waals surface area contributed by atoms with Crippen molar-refractivity contribution in [3.63, 3.8) is 0 Å². The molecule has 0 aromatic carbocycles. The van der Waals surface area contributed by atoms with E-state index in [0.717, 1.165) is 25.9 Å². The highest BCUT2D eigenvalue weighted by molar-refractivity contribution is 5.81. The van der Waals surface area contributed by atoms with E-state index in [1.165, 1.54) is 0 Å². The van der Waals surface area contributed by atoms with E-state index in [2.05, 4.69) is 23.8 Å². The van der Waals surface area contributed by atoms with Crippen molar-refractivity contribution in [1.29, 1.82) is 0 Å². The zero-order valence-electron chi connectivity index (χ0n) is 8.96. The summed E-state index contributed by atoms with van der Waals surface area (Å²) < 4.78 is 0. The number of allylic oxidation sites excluding steroid dienone is 3. The molecule has 0 aliphatic carbocycles. The number of carbonyl (C=O) groups excluding carboxylic acids is 1. The lowest BCUT2D eigenvalue weighted by Gasteiger charge is -2.21. The van der Waals surface area contributed by atoms with Crippen LogP contribution in [0.1, 0.15) is 12.8 Å². The normalized spacial score (nSPS) is 18.3. The van der Waals surface area contributed by atoms with Crippen LogP contribution in [0.2, 0.25) is 0 Å². The van der Waals surface area contributed by atoms with Gasteiger partial charge in [-0.05, 0) is 38.1 Å². The SMILES string of the molecule is C=C/C=C(\C=C)NC(=O)C1CCNCC1. The van der Waals surface area contributed by atoms with Gasteiger partial charge in [-0.25, -0.2) is 0 Å². The van der Waals surface area contributed by atoms with E-state index < -0.39 is 0 Å². The Hall–Kier alpha value is -1.35. The minimum absolute atomic E-state index is 0.0875. The lowest BCUT2D eigenvalue weighted by atomic mass is 9.97. The molecule has 2 N–H and O–H groups in total. The molecule has 3 nitrogen and oxygen atoms in total. The molecule has 0 bridgehead atoms. The number of hydrogen-bond donors (Lipinski definition) is 2. The molecule has 0 spiro atoms. The van der Waals surface area contributed by atoms with Gasteiger partial charge in [0, 0.05) is 11.6 Å². The van der Waals surface area contributed by atoms with Crippen molar-refractivity contribution >= 4 is 5.91 Å². The number of nitrogens with one attached hydrogen (secondary N) is 2. The zero-order valence-corrected chi connectivity index (χ0v) is 8.96. The molecule has 1 rings (SSSR count). The summed E-state index contributed by atoms with van der Waals surface area (Å²) in [6.07, 6.45) is 6.82. The predicted molar refractivity (Wildman–Crippen MR) is 62.2 cm³/mol. The minimum atomic E-state index is 0.0875. The maximum atomic E-state index is 11.8. The highest BCUT2D eigenvalue weighted by Gasteiger charge is 2.20. The summed E-state index contributed by atoms with van der Waals surface area (Å²) in [6.45, 7) is 9.06. The molecule has 1 aliphatic heterocycles. The summed E-state index contributed by atoms with van der Waals surface area (Å²) in [5.74, 6) is 0.212. The van der Waals surface area contributed by atoms with E-state index in [9.17, 15) is 4.79 Å². The van der Waals surface area contributed by atoms with Crippen molar-refractivity contribution in [3.05, 3.63) is 37.1 Å². The van der Waals surface area contributed by atoms with Crippen LogP contribution in [0.25, 0.3) is 0 Å². The number of carbonyl (C=O) groups is 1. The van der Waals surface area contributed by atoms with Crippen LogP contribution in [0.3, 0.4) is 0 Å². The number of piperidine rings is 1. The van der Waals surface area contributed by atoms with Gasteiger partial charge in [0.15, 0.2) is 0 Å². The molecule has 82 valence electrons. The summed E-state index contributed by atoms with van der Waals surface area (Å²) in [7, 11) is 0. The van der Waals surface area contributed by atoms with Crippen molar-refractivity contribution in [1.82, 2.24) is 10.6 Å². The van der Waals surface area contributed by atoms with Gasteiger partial charge in [-0.15, -0.1) is 0 Å². The first kappa shape index (κ1) is 11.7. The van der Waals surface area contributed by atoms with E-state index in [4.69, 9.17) is 0 Å². The molecule has 1 amide bonds. The molecule has 0 saturated carbocycles. The topological polar surface area (TPSA) is 41.1 Å². The maximum Gasteiger partial charge on any atom is 0.227 e. The number of amides is 1. The van der Waals surface area contributed by atoms with Crippen LogP contribution in [0.5, 0.6) is 0 Å². The Balaban J connectivity index is 2.49. The Bertz CT molecular complexity index is 275. The van der Waals surface area contributed by atoms with Gasteiger partial charge in [0.25, 0.3) is 0 Å². The fourth-order valence-electron chi connectivity index (χ4n) is 1.62. The summed E-state index contributed by atoms with van der Waals surface area (Å²) in [4.78, 5) is 11.8. The van der Waals surface area contributed by atoms with Crippen LogP contribution in [-0.2, 0) is 4.79 Å². The fraction of sp³-hybridized carbons (Fsp3) is 0.417. The third-order valence-corrected chi connectivity index (χ3v) is 2.49. The minimum Gasteiger partial charge on any atom is -0.326 e. The zero-order chi connectivity index (χ0) is 11.1. The first-order valence-corrected chi connectivity index (χ1v) is 5.24. The average molecular weight is 206 g/mol. The molecule has 0 aromatic rings. The smallest absolute Gasteiger partial charge is 0.227 e. The first-order chi connectivity index (χ1) is 7.27. The summed E-state index contributed by atoms with van der Waals surface area (Å²) in [5, 5.41) is 6.07. The standard InChI is InChI=1S/C12H18N2O/c1-3-5-11(4-2)14-12(15)10-6-8-13-9-7-10/h3-5,10,13H,1-2,6-9H2,(H,14,15)/b11-5+. The molecule has 0 unspecified atom stereocenters. The van der Waals surface area contributed by atoms with Crippen LogP contribution in [0.15, 0.2) is 37.1 Å². The van der Waals surface area contributed by atoms with E-state index in [-0.39, 0.29) is 11.8 Å². The average Bonchev–Trinajstić information content (AvgIpc) is 2.29. The third-order valence-electron chi connectivity index (χ3n) is 2.49. The van der Waals surface area contributed by atoms with Crippen LogP contribution < -0.4 is 10.6 Å². The second-order valence-corrected chi connectivity index (χ2v) is 3.58. The van der Waals surface area contributed by atoms with Crippen molar-refractivity contribution < 1.29 is 4.79 Å². The van der Waals surface area contributed by atoms with Gasteiger partial charge >= 0.3 is 0 Å². The summed E-state index contributed by atoms with van der Waals surface area (Å²) in [5.41, 5.74) is 0.716. The van der Waals surface area contributed by atoms with Gasteiger partial charge in [0.1, 0.15) is 0 Å². The lowest BCUT2D eigenvalue weighted by molar-refractivity contribution is -0.124. The van der Waals surface area contributed by atoms with Crippen LogP contribution in [0, 0.1) is 5.92 Å². The number of hydrogen-bond acceptors (Lipinski definition) is 2. The lowest BCUT2D eigenvalue weighted by Crippen LogP contribution is -2.37. The molecule has 1 fully saturated rings. The van der Waals surface area contributed by atoms with Gasteiger partial charge in [0.05, 0.1) is 0 Å². The van der Waals surface area contributed by atoms with Gasteiger partial charge < -0.3 is 10.6 Å².